The molecule has 6 nitrogen and oxygen atoms in total. The summed E-state index contributed by atoms with van der Waals surface area (Å²) in [6, 6.07) is 1.76. The number of piperidine rings is 1. The fraction of sp³-hybridized carbons (Fsp3) is 0.696. The lowest BCUT2D eigenvalue weighted by atomic mass is 9.89. The van der Waals surface area contributed by atoms with Crippen molar-refractivity contribution in [2.45, 2.75) is 89.1 Å². The van der Waals surface area contributed by atoms with Gasteiger partial charge in [0.25, 0.3) is 0 Å². The van der Waals surface area contributed by atoms with Gasteiger partial charge in [0.2, 0.25) is 0 Å². The second-order valence-corrected chi connectivity index (χ2v) is 9.65. The monoisotopic (exact) mass is 440 g/mol. The number of aliphatic hydroxyl groups is 2. The van der Waals surface area contributed by atoms with E-state index in [-0.39, 0.29) is 25.0 Å². The molecule has 3 rings (SSSR count). The lowest BCUT2D eigenvalue weighted by molar-refractivity contribution is -0.0642. The number of carbonyl (C=O) groups excluding carboxylic acids is 1. The molecule has 0 spiro atoms. The van der Waals surface area contributed by atoms with E-state index in [1.54, 1.807) is 20.8 Å². The summed E-state index contributed by atoms with van der Waals surface area (Å²) >= 11 is 0. The number of halogens is 2. The molecule has 31 heavy (non-hydrogen) atoms. The van der Waals surface area contributed by atoms with Crippen LogP contribution < -0.4 is 5.32 Å². The molecule has 1 aromatic rings. The molecular formula is C23H34F2N2O4. The largest absolute Gasteiger partial charge is 0.444 e. The predicted molar refractivity (Wildman–Crippen MR) is 113 cm³/mol. The lowest BCUT2D eigenvalue weighted by Crippen LogP contribution is -2.52. The molecule has 1 aliphatic heterocycles. The summed E-state index contributed by atoms with van der Waals surface area (Å²) < 4.78 is 33.1. The minimum Gasteiger partial charge on any atom is -0.444 e. The number of likely N-dealkylation sites (tertiary alicyclic amines) is 1. The number of carbonyl (C=O) groups is 1. The topological polar surface area (TPSA) is 82.0 Å². The van der Waals surface area contributed by atoms with Crippen molar-refractivity contribution < 1.29 is 28.5 Å². The third-order valence-electron chi connectivity index (χ3n) is 6.23. The molecule has 8 heteroatoms. The number of benzene rings is 1. The molecule has 0 saturated carbocycles. The van der Waals surface area contributed by atoms with Crippen LogP contribution in [0.15, 0.2) is 12.1 Å². The molecule has 2 aliphatic rings. The SMILES string of the molecule is CC(C)(C)OC(=O)NC(CC(O)N1CCCCC1CO)C1CCc2cc(F)c(F)cc21. The first-order valence-corrected chi connectivity index (χ1v) is 11.1. The zero-order chi connectivity index (χ0) is 22.8. The van der Waals surface area contributed by atoms with Crippen LogP contribution in [-0.2, 0) is 11.2 Å². The molecule has 4 atom stereocenters. The fourth-order valence-electron chi connectivity index (χ4n) is 4.81. The van der Waals surface area contributed by atoms with Gasteiger partial charge in [-0.05, 0) is 69.7 Å². The molecule has 1 saturated heterocycles. The molecule has 0 aromatic heterocycles. The lowest BCUT2D eigenvalue weighted by Gasteiger charge is -2.40. The van der Waals surface area contributed by atoms with E-state index >= 15 is 0 Å². The van der Waals surface area contributed by atoms with Gasteiger partial charge in [-0.25, -0.2) is 13.6 Å². The smallest absolute Gasteiger partial charge is 0.407 e. The summed E-state index contributed by atoms with van der Waals surface area (Å²) in [5.41, 5.74) is 0.690. The van der Waals surface area contributed by atoms with Gasteiger partial charge in [-0.2, -0.15) is 0 Å². The molecule has 1 fully saturated rings. The summed E-state index contributed by atoms with van der Waals surface area (Å²) in [4.78, 5) is 14.4. The zero-order valence-corrected chi connectivity index (χ0v) is 18.5. The average Bonchev–Trinajstić information content (AvgIpc) is 3.08. The Morgan fingerprint density at radius 3 is 2.65 bits per heavy atom. The van der Waals surface area contributed by atoms with Crippen molar-refractivity contribution in [3.8, 4) is 0 Å². The van der Waals surface area contributed by atoms with E-state index < -0.39 is 35.6 Å². The van der Waals surface area contributed by atoms with Crippen LogP contribution in [0, 0.1) is 11.6 Å². The predicted octanol–water partition coefficient (Wildman–Crippen LogP) is 3.44. The molecule has 174 valence electrons. The second kappa shape index (κ2) is 9.79. The molecule has 4 unspecified atom stereocenters. The molecule has 1 amide bonds. The van der Waals surface area contributed by atoms with Gasteiger partial charge in [0.05, 0.1) is 6.61 Å². The Balaban J connectivity index is 1.82. The van der Waals surface area contributed by atoms with E-state index in [4.69, 9.17) is 4.74 Å². The third-order valence-corrected chi connectivity index (χ3v) is 6.23. The van der Waals surface area contributed by atoms with Gasteiger partial charge >= 0.3 is 6.09 Å². The van der Waals surface area contributed by atoms with Gasteiger partial charge < -0.3 is 20.3 Å². The number of aliphatic hydroxyl groups excluding tert-OH is 2. The van der Waals surface area contributed by atoms with E-state index in [0.29, 0.717) is 24.9 Å². The van der Waals surface area contributed by atoms with Crippen LogP contribution in [0.5, 0.6) is 0 Å². The van der Waals surface area contributed by atoms with Crippen LogP contribution in [0.3, 0.4) is 0 Å². The standard InChI is InChI=1S/C23H34F2N2O4/c1-23(2,3)31-22(30)26-20(12-21(29)27-9-5-4-6-15(27)13-28)16-8-7-14-10-18(24)19(25)11-17(14)16/h10-11,15-16,20-21,28-29H,4-9,12-13H2,1-3H3,(H,26,30). The quantitative estimate of drug-likeness (QED) is 0.631. The molecule has 1 heterocycles. The Hall–Kier alpha value is -1.77. The zero-order valence-electron chi connectivity index (χ0n) is 18.5. The summed E-state index contributed by atoms with van der Waals surface area (Å²) in [5.74, 6) is -2.07. The number of nitrogens with one attached hydrogen (secondary N) is 1. The molecule has 0 bridgehead atoms. The molecule has 1 aromatic carbocycles. The highest BCUT2D eigenvalue weighted by Gasteiger charge is 2.37. The van der Waals surface area contributed by atoms with Gasteiger partial charge in [-0.1, -0.05) is 6.42 Å². The van der Waals surface area contributed by atoms with Crippen molar-refractivity contribution in [1.82, 2.24) is 10.2 Å². The normalized spacial score (nSPS) is 23.8. The Kier molecular flexibility index (Phi) is 7.55. The van der Waals surface area contributed by atoms with Crippen LogP contribution in [0.25, 0.3) is 0 Å². The van der Waals surface area contributed by atoms with Crippen molar-refractivity contribution in [3.63, 3.8) is 0 Å². The van der Waals surface area contributed by atoms with E-state index in [0.717, 1.165) is 24.8 Å². The van der Waals surface area contributed by atoms with E-state index in [9.17, 15) is 23.8 Å². The van der Waals surface area contributed by atoms with Crippen molar-refractivity contribution in [1.29, 1.82) is 0 Å². The van der Waals surface area contributed by atoms with Crippen molar-refractivity contribution in [2.24, 2.45) is 0 Å². The van der Waals surface area contributed by atoms with Gasteiger partial charge in [0.15, 0.2) is 11.6 Å². The fourth-order valence-corrected chi connectivity index (χ4v) is 4.81. The number of fused-ring (bicyclic) bond motifs is 1. The van der Waals surface area contributed by atoms with E-state index in [1.807, 2.05) is 4.90 Å². The van der Waals surface area contributed by atoms with Crippen LogP contribution >= 0.6 is 0 Å². The third kappa shape index (κ3) is 5.93. The van der Waals surface area contributed by atoms with Crippen LogP contribution in [-0.4, -0.2) is 58.3 Å². The average molecular weight is 441 g/mol. The highest BCUT2D eigenvalue weighted by atomic mass is 19.2. The van der Waals surface area contributed by atoms with Gasteiger partial charge in [-0.3, -0.25) is 4.90 Å². The highest BCUT2D eigenvalue weighted by molar-refractivity contribution is 5.68. The summed E-state index contributed by atoms with van der Waals surface area (Å²) in [6.07, 6.45) is 2.60. The van der Waals surface area contributed by atoms with Crippen molar-refractivity contribution in [2.75, 3.05) is 13.2 Å². The van der Waals surface area contributed by atoms with Crippen LogP contribution in [0.4, 0.5) is 13.6 Å². The Morgan fingerprint density at radius 1 is 1.26 bits per heavy atom. The number of hydrogen-bond acceptors (Lipinski definition) is 5. The van der Waals surface area contributed by atoms with Gasteiger partial charge in [0, 0.05) is 31.0 Å². The van der Waals surface area contributed by atoms with Crippen LogP contribution in [0.1, 0.15) is 69.9 Å². The number of nitrogens with zero attached hydrogens (tertiary/aromatic N) is 1. The van der Waals surface area contributed by atoms with Crippen molar-refractivity contribution in [3.05, 3.63) is 34.9 Å². The molecular weight excluding hydrogens is 406 g/mol. The van der Waals surface area contributed by atoms with E-state index in [1.165, 1.54) is 12.1 Å². The minimum absolute atomic E-state index is 0.0437. The van der Waals surface area contributed by atoms with Crippen LogP contribution in [0.2, 0.25) is 0 Å². The Morgan fingerprint density at radius 2 is 1.97 bits per heavy atom. The van der Waals surface area contributed by atoms with Gasteiger partial charge in [0.1, 0.15) is 11.8 Å². The summed E-state index contributed by atoms with van der Waals surface area (Å²) in [5, 5.41) is 23.5. The molecule has 1 aliphatic carbocycles. The summed E-state index contributed by atoms with van der Waals surface area (Å²) in [6.45, 7) is 5.90. The Bertz CT molecular complexity index is 784. The number of aryl methyl sites for hydroxylation is 1. The highest BCUT2D eigenvalue weighted by Crippen LogP contribution is 2.38. The first-order valence-electron chi connectivity index (χ1n) is 11.1. The minimum atomic E-state index is -0.918. The maximum Gasteiger partial charge on any atom is 0.407 e. The number of rotatable bonds is 6. The molecule has 0 radical (unpaired) electrons. The number of hydrogen-bond donors (Lipinski definition) is 3. The van der Waals surface area contributed by atoms with E-state index in [2.05, 4.69) is 5.32 Å². The Labute approximate surface area is 182 Å². The number of ether oxygens (including phenoxy) is 1. The maximum absolute atomic E-state index is 14.0. The maximum atomic E-state index is 14.0. The molecule has 3 N–H and O–H groups in total. The van der Waals surface area contributed by atoms with Crippen molar-refractivity contribution >= 4 is 6.09 Å². The number of amides is 1. The first kappa shape index (κ1) is 23.9. The first-order chi connectivity index (χ1) is 14.6. The summed E-state index contributed by atoms with van der Waals surface area (Å²) in [7, 11) is 0. The second-order valence-electron chi connectivity index (χ2n) is 9.65. The number of alkyl carbamates (subject to hydrolysis) is 1. The van der Waals surface area contributed by atoms with Gasteiger partial charge in [-0.15, -0.1) is 0 Å².